The Morgan fingerprint density at radius 3 is 2.17 bits per heavy atom. The first-order valence-electron chi connectivity index (χ1n) is 7.69. The number of phenols is 1. The molecule has 2 aromatic carbocycles. The lowest BCUT2D eigenvalue weighted by Gasteiger charge is -2.14. The molecule has 0 bridgehead atoms. The molecule has 2 N–H and O–H groups in total. The zero-order valence-electron chi connectivity index (χ0n) is 13.7. The van der Waals surface area contributed by atoms with E-state index >= 15 is 0 Å². The molecular weight excluding hydrogens is 308 g/mol. The van der Waals surface area contributed by atoms with Gasteiger partial charge in [0.25, 0.3) is 0 Å². The van der Waals surface area contributed by atoms with Crippen molar-refractivity contribution in [3.63, 3.8) is 0 Å². The molecule has 0 unspecified atom stereocenters. The van der Waals surface area contributed by atoms with E-state index in [4.69, 9.17) is 14.6 Å². The van der Waals surface area contributed by atoms with Crippen LogP contribution >= 0.6 is 0 Å². The molecule has 2 aromatic rings. The van der Waals surface area contributed by atoms with Gasteiger partial charge in [0.15, 0.2) is 11.5 Å². The van der Waals surface area contributed by atoms with E-state index in [0.29, 0.717) is 24.7 Å². The number of rotatable bonds is 7. The SMILES string of the molecule is CCOc1c(O)ccc(/C=C/c2ccc(C(=O)O)cc2)c1OCC. The predicted molar refractivity (Wildman–Crippen MR) is 92.8 cm³/mol. The van der Waals surface area contributed by atoms with Gasteiger partial charge in [-0.3, -0.25) is 0 Å². The number of carboxylic acid groups (broad SMARTS) is 1. The maximum absolute atomic E-state index is 10.9. The van der Waals surface area contributed by atoms with Crippen LogP contribution in [-0.2, 0) is 0 Å². The summed E-state index contributed by atoms with van der Waals surface area (Å²) in [4.78, 5) is 10.9. The Morgan fingerprint density at radius 2 is 1.58 bits per heavy atom. The Kier molecular flexibility index (Phi) is 5.84. The minimum absolute atomic E-state index is 0.0308. The highest BCUT2D eigenvalue weighted by Crippen LogP contribution is 2.40. The molecule has 0 aliphatic heterocycles. The van der Waals surface area contributed by atoms with Crippen LogP contribution < -0.4 is 9.47 Å². The van der Waals surface area contributed by atoms with Gasteiger partial charge in [-0.1, -0.05) is 24.3 Å². The number of carboxylic acids is 1. The van der Waals surface area contributed by atoms with Crippen molar-refractivity contribution in [1.29, 1.82) is 0 Å². The lowest BCUT2D eigenvalue weighted by molar-refractivity contribution is 0.0697. The van der Waals surface area contributed by atoms with Gasteiger partial charge < -0.3 is 19.7 Å². The summed E-state index contributed by atoms with van der Waals surface area (Å²) < 4.78 is 11.1. The van der Waals surface area contributed by atoms with Gasteiger partial charge in [0.1, 0.15) is 0 Å². The maximum Gasteiger partial charge on any atom is 0.335 e. The summed E-state index contributed by atoms with van der Waals surface area (Å²) in [5, 5.41) is 18.9. The van der Waals surface area contributed by atoms with E-state index in [-0.39, 0.29) is 11.3 Å². The molecule has 2 rings (SSSR count). The average Bonchev–Trinajstić information content (AvgIpc) is 2.58. The summed E-state index contributed by atoms with van der Waals surface area (Å²) in [6.45, 7) is 4.55. The fraction of sp³-hybridized carbons (Fsp3) is 0.211. The van der Waals surface area contributed by atoms with Gasteiger partial charge in [-0.25, -0.2) is 4.79 Å². The lowest BCUT2D eigenvalue weighted by Crippen LogP contribution is -2.00. The molecule has 0 fully saturated rings. The largest absolute Gasteiger partial charge is 0.504 e. The van der Waals surface area contributed by atoms with Crippen LogP contribution in [0.4, 0.5) is 0 Å². The van der Waals surface area contributed by atoms with E-state index in [2.05, 4.69) is 0 Å². The smallest absolute Gasteiger partial charge is 0.335 e. The van der Waals surface area contributed by atoms with Crippen LogP contribution in [0, 0.1) is 0 Å². The van der Waals surface area contributed by atoms with Crippen LogP contribution in [0.5, 0.6) is 17.2 Å². The second-order valence-electron chi connectivity index (χ2n) is 4.96. The summed E-state index contributed by atoms with van der Waals surface area (Å²) in [5.74, 6) is -0.118. The normalized spacial score (nSPS) is 10.8. The van der Waals surface area contributed by atoms with Crippen molar-refractivity contribution in [2.24, 2.45) is 0 Å². The van der Waals surface area contributed by atoms with Crippen LogP contribution in [-0.4, -0.2) is 29.4 Å². The summed E-state index contributed by atoms with van der Waals surface area (Å²) in [7, 11) is 0. The van der Waals surface area contributed by atoms with Gasteiger partial charge in [-0.05, 0) is 43.7 Å². The molecule has 0 heterocycles. The minimum atomic E-state index is -0.955. The number of phenolic OH excluding ortho intramolecular Hbond substituents is 1. The van der Waals surface area contributed by atoms with Gasteiger partial charge >= 0.3 is 5.97 Å². The van der Waals surface area contributed by atoms with E-state index in [9.17, 15) is 9.90 Å². The van der Waals surface area contributed by atoms with Crippen molar-refractivity contribution in [3.8, 4) is 17.2 Å². The number of carbonyl (C=O) groups is 1. The standard InChI is InChI=1S/C19H20O5/c1-3-23-17-14(11-12-16(20)18(17)24-4-2)8-5-13-6-9-15(10-7-13)19(21)22/h5-12,20H,3-4H2,1-2H3,(H,21,22)/b8-5+. The van der Waals surface area contributed by atoms with Gasteiger partial charge in [0, 0.05) is 5.56 Å². The van der Waals surface area contributed by atoms with E-state index in [1.165, 1.54) is 0 Å². The van der Waals surface area contributed by atoms with E-state index in [0.717, 1.165) is 11.1 Å². The molecule has 0 aromatic heterocycles. The van der Waals surface area contributed by atoms with Crippen LogP contribution in [0.2, 0.25) is 0 Å². The van der Waals surface area contributed by atoms with Gasteiger partial charge in [0.2, 0.25) is 5.75 Å². The highest BCUT2D eigenvalue weighted by atomic mass is 16.5. The van der Waals surface area contributed by atoms with Crippen molar-refractivity contribution in [1.82, 2.24) is 0 Å². The average molecular weight is 328 g/mol. The zero-order chi connectivity index (χ0) is 17.5. The monoisotopic (exact) mass is 328 g/mol. The lowest BCUT2D eigenvalue weighted by atomic mass is 10.1. The van der Waals surface area contributed by atoms with Gasteiger partial charge in [-0.15, -0.1) is 0 Å². The van der Waals surface area contributed by atoms with Crippen LogP contribution in [0.1, 0.15) is 35.3 Å². The number of ether oxygens (including phenoxy) is 2. The molecule has 0 aliphatic carbocycles. The predicted octanol–water partition coefficient (Wildman–Crippen LogP) is 4.06. The fourth-order valence-electron chi connectivity index (χ4n) is 2.20. The first-order valence-corrected chi connectivity index (χ1v) is 7.69. The number of benzene rings is 2. The quantitative estimate of drug-likeness (QED) is 0.750. The number of hydrogen-bond acceptors (Lipinski definition) is 4. The molecule has 0 saturated heterocycles. The number of aromatic hydroxyl groups is 1. The highest BCUT2D eigenvalue weighted by Gasteiger charge is 2.14. The van der Waals surface area contributed by atoms with Crippen LogP contribution in [0.3, 0.4) is 0 Å². The Bertz CT molecular complexity index is 732. The fourth-order valence-corrected chi connectivity index (χ4v) is 2.20. The molecule has 5 heteroatoms. The Balaban J connectivity index is 2.33. The van der Waals surface area contributed by atoms with Crippen molar-refractivity contribution in [2.75, 3.05) is 13.2 Å². The van der Waals surface area contributed by atoms with Crippen molar-refractivity contribution in [3.05, 3.63) is 53.1 Å². The topological polar surface area (TPSA) is 76.0 Å². The minimum Gasteiger partial charge on any atom is -0.504 e. The molecule has 126 valence electrons. The third kappa shape index (κ3) is 4.07. The van der Waals surface area contributed by atoms with E-state index in [1.807, 2.05) is 26.0 Å². The molecule has 0 amide bonds. The molecule has 0 saturated carbocycles. The molecule has 5 nitrogen and oxygen atoms in total. The second kappa shape index (κ2) is 8.06. The Hall–Kier alpha value is -2.95. The van der Waals surface area contributed by atoms with Crippen molar-refractivity contribution in [2.45, 2.75) is 13.8 Å². The number of hydrogen-bond donors (Lipinski definition) is 2. The Labute approximate surface area is 140 Å². The maximum atomic E-state index is 10.9. The summed E-state index contributed by atoms with van der Waals surface area (Å²) in [6, 6.07) is 9.85. The highest BCUT2D eigenvalue weighted by molar-refractivity contribution is 5.88. The summed E-state index contributed by atoms with van der Waals surface area (Å²) in [5.41, 5.74) is 1.86. The summed E-state index contributed by atoms with van der Waals surface area (Å²) in [6.07, 6.45) is 3.68. The van der Waals surface area contributed by atoms with E-state index < -0.39 is 5.97 Å². The molecule has 0 spiro atoms. The third-order valence-corrected chi connectivity index (χ3v) is 3.31. The summed E-state index contributed by atoms with van der Waals surface area (Å²) >= 11 is 0. The van der Waals surface area contributed by atoms with Crippen molar-refractivity contribution >= 4 is 18.1 Å². The molecule has 0 atom stereocenters. The Morgan fingerprint density at radius 1 is 0.958 bits per heavy atom. The zero-order valence-corrected chi connectivity index (χ0v) is 13.7. The third-order valence-electron chi connectivity index (χ3n) is 3.31. The first-order chi connectivity index (χ1) is 11.6. The van der Waals surface area contributed by atoms with Crippen LogP contribution in [0.25, 0.3) is 12.2 Å². The number of aromatic carboxylic acids is 1. The second-order valence-corrected chi connectivity index (χ2v) is 4.96. The van der Waals surface area contributed by atoms with Crippen LogP contribution in [0.15, 0.2) is 36.4 Å². The molecular formula is C19H20O5. The van der Waals surface area contributed by atoms with Crippen molar-refractivity contribution < 1.29 is 24.5 Å². The molecule has 24 heavy (non-hydrogen) atoms. The molecule has 0 radical (unpaired) electrons. The molecule has 0 aliphatic rings. The van der Waals surface area contributed by atoms with Gasteiger partial charge in [-0.2, -0.15) is 0 Å². The van der Waals surface area contributed by atoms with E-state index in [1.54, 1.807) is 36.4 Å². The first kappa shape index (κ1) is 17.4. The van der Waals surface area contributed by atoms with Gasteiger partial charge in [0.05, 0.1) is 18.8 Å².